The molecular weight excluding hydrogens is 437 g/mol. The number of halogens is 1. The van der Waals surface area contributed by atoms with Gasteiger partial charge in [0.1, 0.15) is 5.75 Å². The summed E-state index contributed by atoms with van der Waals surface area (Å²) in [4.78, 5) is 5.56. The molecule has 0 saturated heterocycles. The lowest BCUT2D eigenvalue weighted by Crippen LogP contribution is -2.17. The summed E-state index contributed by atoms with van der Waals surface area (Å²) in [6.45, 7) is 1.99. The molecule has 3 aromatic rings. The molecule has 0 amide bonds. The average Bonchev–Trinajstić information content (AvgIpc) is 2.87. The van der Waals surface area contributed by atoms with Crippen LogP contribution >= 0.6 is 33.9 Å². The van der Waals surface area contributed by atoms with Gasteiger partial charge < -0.3 is 4.55 Å². The molecule has 0 aliphatic heterocycles. The maximum atomic E-state index is 13.2. The van der Waals surface area contributed by atoms with E-state index in [0.29, 0.717) is 5.75 Å². The van der Waals surface area contributed by atoms with Crippen LogP contribution in [0.1, 0.15) is 26.9 Å². The fourth-order valence-corrected chi connectivity index (χ4v) is 6.37. The van der Waals surface area contributed by atoms with Gasteiger partial charge in [0.2, 0.25) is 0 Å². The summed E-state index contributed by atoms with van der Waals surface area (Å²) in [6.07, 6.45) is 0. The van der Waals surface area contributed by atoms with Crippen molar-refractivity contribution in [2.45, 2.75) is 17.9 Å². The summed E-state index contributed by atoms with van der Waals surface area (Å²) in [5.41, 5.74) is 3.18. The summed E-state index contributed by atoms with van der Waals surface area (Å²) in [5.74, 6) is 0.543. The lowest BCUT2D eigenvalue weighted by molar-refractivity contribution is 0.587. The maximum Gasteiger partial charge on any atom is 0.166 e. The third kappa shape index (κ3) is 4.15. The monoisotopic (exact) mass is 453 g/mol. The second-order valence-electron chi connectivity index (χ2n) is 5.20. The standard InChI is InChI=1S/C18H16INOS2/c1-13-16(22-18(19)20-13)12-23(21)17(14-8-4-2-5-9-14)15-10-6-3-7-11-15/h2-11,17H,12H2,1H3. The summed E-state index contributed by atoms with van der Waals surface area (Å²) < 4.78 is 14.2. The van der Waals surface area contributed by atoms with Crippen LogP contribution in [-0.4, -0.2) is 9.54 Å². The number of benzene rings is 2. The first-order chi connectivity index (χ1) is 11.1. The van der Waals surface area contributed by atoms with E-state index in [2.05, 4.69) is 51.8 Å². The van der Waals surface area contributed by atoms with Crippen molar-refractivity contribution >= 4 is 45.1 Å². The molecule has 1 heterocycles. The minimum Gasteiger partial charge on any atom is -0.615 e. The molecular formula is C18H16INOS2. The summed E-state index contributed by atoms with van der Waals surface area (Å²) in [5, 5.41) is -0.114. The number of nitrogens with zero attached hydrogens (tertiary/aromatic N) is 1. The Kier molecular flexibility index (Phi) is 5.74. The van der Waals surface area contributed by atoms with Crippen molar-refractivity contribution in [1.29, 1.82) is 0 Å². The summed E-state index contributed by atoms with van der Waals surface area (Å²) in [7, 11) is 0. The van der Waals surface area contributed by atoms with Gasteiger partial charge in [-0.05, 0) is 40.7 Å². The summed E-state index contributed by atoms with van der Waals surface area (Å²) >= 11 is 2.81. The van der Waals surface area contributed by atoms with Gasteiger partial charge in [-0.1, -0.05) is 60.7 Å². The number of hydrogen-bond acceptors (Lipinski definition) is 3. The number of thiazole rings is 1. The Bertz CT molecular complexity index is 722. The Morgan fingerprint density at radius 2 is 1.57 bits per heavy atom. The zero-order valence-corrected chi connectivity index (χ0v) is 16.4. The van der Waals surface area contributed by atoms with Gasteiger partial charge in [-0.3, -0.25) is 0 Å². The number of aromatic nitrogens is 1. The molecule has 0 saturated carbocycles. The third-order valence-corrected chi connectivity index (χ3v) is 7.28. The number of aryl methyl sites for hydroxylation is 1. The highest BCUT2D eigenvalue weighted by Gasteiger charge is 2.28. The van der Waals surface area contributed by atoms with Crippen molar-refractivity contribution in [3.63, 3.8) is 0 Å². The van der Waals surface area contributed by atoms with Crippen LogP contribution in [0.5, 0.6) is 0 Å². The molecule has 23 heavy (non-hydrogen) atoms. The molecule has 3 rings (SSSR count). The largest absolute Gasteiger partial charge is 0.615 e. The Morgan fingerprint density at radius 3 is 2.00 bits per heavy atom. The highest BCUT2D eigenvalue weighted by Crippen LogP contribution is 2.34. The lowest BCUT2D eigenvalue weighted by atomic mass is 10.0. The molecule has 1 atom stereocenters. The van der Waals surface area contributed by atoms with E-state index in [1.54, 1.807) is 11.3 Å². The first-order valence-electron chi connectivity index (χ1n) is 7.24. The van der Waals surface area contributed by atoms with E-state index >= 15 is 0 Å². The van der Waals surface area contributed by atoms with E-state index < -0.39 is 11.2 Å². The predicted octanol–water partition coefficient (Wildman–Crippen LogP) is 5.09. The van der Waals surface area contributed by atoms with E-state index in [9.17, 15) is 4.55 Å². The minimum absolute atomic E-state index is 0.114. The molecule has 1 unspecified atom stereocenters. The van der Waals surface area contributed by atoms with E-state index in [0.717, 1.165) is 24.7 Å². The Labute approximate surface area is 157 Å². The Morgan fingerprint density at radius 1 is 1.04 bits per heavy atom. The lowest BCUT2D eigenvalue weighted by Gasteiger charge is -2.22. The molecule has 1 aromatic heterocycles. The Hall–Kier alpha value is -0.890. The van der Waals surface area contributed by atoms with Crippen molar-refractivity contribution in [3.8, 4) is 0 Å². The van der Waals surface area contributed by atoms with Crippen LogP contribution in [-0.2, 0) is 16.9 Å². The van der Waals surface area contributed by atoms with Crippen molar-refractivity contribution in [3.05, 3.63) is 85.4 Å². The van der Waals surface area contributed by atoms with Crippen LogP contribution < -0.4 is 0 Å². The molecule has 0 aliphatic carbocycles. The fraction of sp³-hybridized carbons (Fsp3) is 0.167. The normalized spacial score (nSPS) is 12.5. The van der Waals surface area contributed by atoms with E-state index in [1.165, 1.54) is 0 Å². The van der Waals surface area contributed by atoms with Gasteiger partial charge in [0.05, 0.1) is 10.6 Å². The average molecular weight is 453 g/mol. The molecule has 0 spiro atoms. The van der Waals surface area contributed by atoms with Crippen LogP contribution in [0, 0.1) is 9.94 Å². The molecule has 5 heteroatoms. The van der Waals surface area contributed by atoms with Crippen LogP contribution in [0.15, 0.2) is 60.7 Å². The van der Waals surface area contributed by atoms with E-state index in [4.69, 9.17) is 0 Å². The van der Waals surface area contributed by atoms with Crippen LogP contribution in [0.4, 0.5) is 0 Å². The van der Waals surface area contributed by atoms with Gasteiger partial charge in [0.25, 0.3) is 0 Å². The van der Waals surface area contributed by atoms with Crippen molar-refractivity contribution in [2.75, 3.05) is 0 Å². The van der Waals surface area contributed by atoms with Crippen LogP contribution in [0.25, 0.3) is 0 Å². The third-order valence-electron chi connectivity index (χ3n) is 3.61. The second kappa shape index (κ2) is 7.79. The fourth-order valence-electron chi connectivity index (χ4n) is 2.49. The first kappa shape index (κ1) is 17.0. The molecule has 118 valence electrons. The quantitative estimate of drug-likeness (QED) is 0.399. The topological polar surface area (TPSA) is 36.0 Å². The second-order valence-corrected chi connectivity index (χ2v) is 9.56. The molecule has 0 N–H and O–H groups in total. The highest BCUT2D eigenvalue weighted by molar-refractivity contribution is 14.1. The number of hydrogen-bond donors (Lipinski definition) is 0. The molecule has 0 radical (unpaired) electrons. The minimum atomic E-state index is -1.04. The van der Waals surface area contributed by atoms with Crippen LogP contribution in [0.2, 0.25) is 0 Å². The highest BCUT2D eigenvalue weighted by atomic mass is 127. The van der Waals surface area contributed by atoms with Gasteiger partial charge in [-0.25, -0.2) is 4.98 Å². The Balaban J connectivity index is 1.93. The number of rotatable bonds is 5. The smallest absolute Gasteiger partial charge is 0.166 e. The molecule has 0 bridgehead atoms. The molecule has 2 aromatic carbocycles. The van der Waals surface area contributed by atoms with Gasteiger partial charge in [0.15, 0.2) is 8.26 Å². The van der Waals surface area contributed by atoms with Gasteiger partial charge in [-0.15, -0.1) is 11.3 Å². The van der Waals surface area contributed by atoms with Gasteiger partial charge in [-0.2, -0.15) is 0 Å². The first-order valence-corrected chi connectivity index (χ1v) is 10.5. The summed E-state index contributed by atoms with van der Waals surface area (Å²) in [6, 6.07) is 20.2. The van der Waals surface area contributed by atoms with E-state index in [-0.39, 0.29) is 5.25 Å². The SMILES string of the molecule is Cc1nc(I)sc1C[S+]([O-])C(c1ccccc1)c1ccccc1. The molecule has 0 aliphatic rings. The van der Waals surface area contributed by atoms with Crippen molar-refractivity contribution in [1.82, 2.24) is 4.98 Å². The molecule has 0 fully saturated rings. The zero-order chi connectivity index (χ0) is 16.2. The molecule has 2 nitrogen and oxygen atoms in total. The maximum absolute atomic E-state index is 13.2. The zero-order valence-electron chi connectivity index (χ0n) is 12.6. The van der Waals surface area contributed by atoms with Crippen molar-refractivity contribution in [2.24, 2.45) is 0 Å². The van der Waals surface area contributed by atoms with E-state index in [1.807, 2.05) is 43.3 Å². The van der Waals surface area contributed by atoms with Gasteiger partial charge in [0, 0.05) is 11.1 Å². The van der Waals surface area contributed by atoms with Gasteiger partial charge >= 0.3 is 0 Å². The van der Waals surface area contributed by atoms with Crippen molar-refractivity contribution < 1.29 is 4.55 Å². The predicted molar refractivity (Wildman–Crippen MR) is 106 cm³/mol. The van der Waals surface area contributed by atoms with Crippen LogP contribution in [0.3, 0.4) is 0 Å².